The van der Waals surface area contributed by atoms with E-state index in [1.54, 1.807) is 30.1 Å². The van der Waals surface area contributed by atoms with Gasteiger partial charge in [0, 0.05) is 24.7 Å². The number of nitrogens with one attached hydrogen (secondary N) is 1. The molecule has 4 amide bonds. The number of hydrogen-bond donors (Lipinski definition) is 2. The van der Waals surface area contributed by atoms with Crippen molar-refractivity contribution in [3.8, 4) is 11.5 Å². The lowest BCUT2D eigenvalue weighted by molar-refractivity contribution is -0.141. The van der Waals surface area contributed by atoms with Crippen molar-refractivity contribution in [3.63, 3.8) is 0 Å². The first kappa shape index (κ1) is 26.4. The summed E-state index contributed by atoms with van der Waals surface area (Å²) in [4.78, 5) is 30.7. The van der Waals surface area contributed by atoms with Gasteiger partial charge in [0.2, 0.25) is 0 Å². The molecule has 1 aromatic rings. The molecule has 2 aliphatic carbocycles. The summed E-state index contributed by atoms with van der Waals surface area (Å²) in [7, 11) is 3.19. The van der Waals surface area contributed by atoms with Gasteiger partial charge >= 0.3 is 12.1 Å². The van der Waals surface area contributed by atoms with Gasteiger partial charge in [-0.1, -0.05) is 38.5 Å². The van der Waals surface area contributed by atoms with Crippen LogP contribution in [-0.4, -0.2) is 70.1 Å². The average Bonchev–Trinajstić information content (AvgIpc) is 3.09. The molecule has 9 heteroatoms. The zero-order valence-corrected chi connectivity index (χ0v) is 22.2. The lowest BCUT2D eigenvalue weighted by Crippen LogP contribution is -2.61. The summed E-state index contributed by atoms with van der Waals surface area (Å²) in [6, 6.07) is 4.92. The van der Waals surface area contributed by atoms with E-state index < -0.39 is 17.7 Å². The molecule has 0 bridgehead atoms. The number of urea groups is 2. The van der Waals surface area contributed by atoms with Crippen LogP contribution in [0.4, 0.5) is 9.59 Å². The Kier molecular flexibility index (Phi) is 8.17. The minimum Gasteiger partial charge on any atom is -0.497 e. The SMILES string of the molecule is COc1cc(CN2C(=O)N(C3CCCCC3)[C@H](N(O)C(=O)NC3CCCCC3)C2(C)C)cc(OC)c1. The van der Waals surface area contributed by atoms with Gasteiger partial charge in [0.25, 0.3) is 0 Å². The molecule has 0 unspecified atom stereocenters. The third-order valence-electron chi connectivity index (χ3n) is 8.14. The van der Waals surface area contributed by atoms with E-state index >= 15 is 0 Å². The van der Waals surface area contributed by atoms with Crippen molar-refractivity contribution in [2.24, 2.45) is 0 Å². The van der Waals surface area contributed by atoms with Crippen LogP contribution in [0.2, 0.25) is 0 Å². The lowest BCUT2D eigenvalue weighted by Gasteiger charge is -2.41. The zero-order chi connectivity index (χ0) is 25.9. The highest BCUT2D eigenvalue weighted by Gasteiger charge is 2.57. The molecule has 2 saturated carbocycles. The summed E-state index contributed by atoms with van der Waals surface area (Å²) >= 11 is 0. The first-order chi connectivity index (χ1) is 17.3. The maximum absolute atomic E-state index is 14.0. The van der Waals surface area contributed by atoms with Crippen LogP contribution in [0.5, 0.6) is 11.5 Å². The topological polar surface area (TPSA) is 94.6 Å². The van der Waals surface area contributed by atoms with E-state index in [2.05, 4.69) is 5.32 Å². The number of hydrogen-bond acceptors (Lipinski definition) is 5. The summed E-state index contributed by atoms with van der Waals surface area (Å²) in [6.45, 7) is 4.15. The van der Waals surface area contributed by atoms with Crippen LogP contribution in [-0.2, 0) is 6.54 Å². The number of amides is 4. The van der Waals surface area contributed by atoms with E-state index in [0.29, 0.717) is 18.0 Å². The number of nitrogens with zero attached hydrogens (tertiary/aromatic N) is 3. The van der Waals surface area contributed by atoms with Crippen molar-refractivity contribution < 1.29 is 24.3 Å². The molecule has 36 heavy (non-hydrogen) atoms. The Morgan fingerprint density at radius 2 is 1.56 bits per heavy atom. The Balaban J connectivity index is 1.63. The Morgan fingerprint density at radius 1 is 1.00 bits per heavy atom. The number of hydroxylamine groups is 2. The van der Waals surface area contributed by atoms with Gasteiger partial charge in [-0.15, -0.1) is 0 Å². The first-order valence-corrected chi connectivity index (χ1v) is 13.4. The Labute approximate surface area is 214 Å². The van der Waals surface area contributed by atoms with Crippen molar-refractivity contribution in [1.29, 1.82) is 0 Å². The minimum atomic E-state index is -0.844. The summed E-state index contributed by atoms with van der Waals surface area (Å²) < 4.78 is 10.8. The van der Waals surface area contributed by atoms with Crippen molar-refractivity contribution in [3.05, 3.63) is 23.8 Å². The van der Waals surface area contributed by atoms with E-state index in [1.165, 1.54) is 6.42 Å². The predicted octanol–water partition coefficient (Wildman–Crippen LogP) is 5.11. The standard InChI is InChI=1S/C27H42N4O5/c1-27(2)24(31(34)25(32)28-20-11-7-5-8-12-20)30(21-13-9-6-10-14-21)26(33)29(27)18-19-15-22(35-3)17-23(16-19)36-4/h15-17,20-21,24,34H,5-14,18H2,1-4H3,(H,28,32)/t24-/m1/s1. The molecule has 4 rings (SSSR count). The second-order valence-corrected chi connectivity index (χ2v) is 10.9. The monoisotopic (exact) mass is 502 g/mol. The molecular formula is C27H42N4O5. The summed E-state index contributed by atoms with van der Waals surface area (Å²) in [5, 5.41) is 15.1. The van der Waals surface area contributed by atoms with Gasteiger partial charge in [-0.2, -0.15) is 5.06 Å². The highest BCUT2D eigenvalue weighted by molar-refractivity contribution is 5.81. The van der Waals surface area contributed by atoms with Crippen LogP contribution in [0.15, 0.2) is 18.2 Å². The van der Waals surface area contributed by atoms with Crippen LogP contribution < -0.4 is 14.8 Å². The van der Waals surface area contributed by atoms with Crippen LogP contribution in [0.25, 0.3) is 0 Å². The van der Waals surface area contributed by atoms with Gasteiger partial charge in [-0.3, -0.25) is 10.1 Å². The fraction of sp³-hybridized carbons (Fsp3) is 0.704. The molecule has 1 heterocycles. The van der Waals surface area contributed by atoms with Crippen molar-refractivity contribution in [1.82, 2.24) is 20.2 Å². The number of carbonyl (C=O) groups excluding carboxylic acids is 2. The third-order valence-corrected chi connectivity index (χ3v) is 8.14. The normalized spacial score (nSPS) is 23.0. The molecule has 200 valence electrons. The smallest absolute Gasteiger partial charge is 0.343 e. The predicted molar refractivity (Wildman–Crippen MR) is 136 cm³/mol. The Morgan fingerprint density at radius 3 is 2.11 bits per heavy atom. The molecule has 0 aromatic heterocycles. The lowest BCUT2D eigenvalue weighted by atomic mass is 9.92. The van der Waals surface area contributed by atoms with E-state index in [0.717, 1.165) is 68.4 Å². The second kappa shape index (κ2) is 11.2. The number of benzene rings is 1. The number of ether oxygens (including phenoxy) is 2. The van der Waals surface area contributed by atoms with E-state index in [1.807, 2.05) is 26.0 Å². The summed E-state index contributed by atoms with van der Waals surface area (Å²) in [5.41, 5.74) is 0.0109. The van der Waals surface area contributed by atoms with Crippen LogP contribution in [0, 0.1) is 0 Å². The molecule has 1 aliphatic heterocycles. The maximum atomic E-state index is 14.0. The van der Waals surface area contributed by atoms with Crippen molar-refractivity contribution >= 4 is 12.1 Å². The molecule has 1 atom stereocenters. The Hall–Kier alpha value is -2.68. The number of rotatable bonds is 7. The van der Waals surface area contributed by atoms with Crippen molar-refractivity contribution in [2.75, 3.05) is 14.2 Å². The van der Waals surface area contributed by atoms with Gasteiger partial charge in [-0.05, 0) is 57.2 Å². The first-order valence-electron chi connectivity index (χ1n) is 13.4. The summed E-state index contributed by atoms with van der Waals surface area (Å²) in [5.74, 6) is 1.29. The maximum Gasteiger partial charge on any atom is 0.343 e. The van der Waals surface area contributed by atoms with E-state index in [9.17, 15) is 14.8 Å². The van der Waals surface area contributed by atoms with Crippen LogP contribution in [0.3, 0.4) is 0 Å². The third kappa shape index (κ3) is 5.36. The summed E-state index contributed by atoms with van der Waals surface area (Å²) in [6.07, 6.45) is 9.34. The van der Waals surface area contributed by atoms with E-state index in [4.69, 9.17) is 9.47 Å². The molecule has 2 N–H and O–H groups in total. The fourth-order valence-electron chi connectivity index (χ4n) is 6.11. The highest BCUT2D eigenvalue weighted by atomic mass is 16.5. The quantitative estimate of drug-likeness (QED) is 0.399. The highest BCUT2D eigenvalue weighted by Crippen LogP contribution is 2.40. The largest absolute Gasteiger partial charge is 0.497 e. The van der Waals surface area contributed by atoms with Gasteiger partial charge in [-0.25, -0.2) is 9.59 Å². The molecule has 1 saturated heterocycles. The fourth-order valence-corrected chi connectivity index (χ4v) is 6.11. The molecule has 3 fully saturated rings. The van der Waals surface area contributed by atoms with Gasteiger partial charge < -0.3 is 19.7 Å². The van der Waals surface area contributed by atoms with Crippen molar-refractivity contribution in [2.45, 2.75) is 108 Å². The average molecular weight is 503 g/mol. The molecule has 9 nitrogen and oxygen atoms in total. The minimum absolute atomic E-state index is 0.0162. The van der Waals surface area contributed by atoms with Gasteiger partial charge in [0.15, 0.2) is 6.17 Å². The number of methoxy groups -OCH3 is 2. The molecule has 0 radical (unpaired) electrons. The van der Waals surface area contributed by atoms with E-state index in [-0.39, 0.29) is 18.1 Å². The zero-order valence-electron chi connectivity index (χ0n) is 22.2. The molecule has 3 aliphatic rings. The molecule has 0 spiro atoms. The molecule has 1 aromatic carbocycles. The van der Waals surface area contributed by atoms with Crippen LogP contribution >= 0.6 is 0 Å². The second-order valence-electron chi connectivity index (χ2n) is 10.9. The van der Waals surface area contributed by atoms with Gasteiger partial charge in [0.05, 0.1) is 19.8 Å². The van der Waals surface area contributed by atoms with Crippen LogP contribution in [0.1, 0.15) is 83.6 Å². The van der Waals surface area contributed by atoms with Gasteiger partial charge in [0.1, 0.15) is 11.5 Å². The number of carbonyl (C=O) groups is 2. The molecular weight excluding hydrogens is 460 g/mol. The Bertz CT molecular complexity index is 904.